The van der Waals surface area contributed by atoms with E-state index in [1.165, 1.54) is 13.2 Å². The lowest BCUT2D eigenvalue weighted by Crippen LogP contribution is -2.11. The van der Waals surface area contributed by atoms with Crippen molar-refractivity contribution in [2.45, 2.75) is 20.0 Å². The van der Waals surface area contributed by atoms with Crippen LogP contribution in [0.3, 0.4) is 0 Å². The minimum absolute atomic E-state index is 0.105. The number of pyridine rings is 1. The quantitative estimate of drug-likeness (QED) is 0.794. The highest BCUT2D eigenvalue weighted by Gasteiger charge is 2.15. The molecule has 0 radical (unpaired) electrons. The monoisotopic (exact) mass is 299 g/mol. The van der Waals surface area contributed by atoms with Gasteiger partial charge in [-0.25, -0.2) is 14.6 Å². The molecule has 0 atom stereocenters. The first-order valence-corrected chi connectivity index (χ1v) is 6.94. The van der Waals surface area contributed by atoms with Gasteiger partial charge >= 0.3 is 11.9 Å². The number of aryl methyl sites for hydroxylation is 1. The van der Waals surface area contributed by atoms with Crippen molar-refractivity contribution in [1.29, 1.82) is 0 Å². The van der Waals surface area contributed by atoms with Crippen LogP contribution >= 0.6 is 0 Å². The van der Waals surface area contributed by atoms with E-state index in [1.54, 1.807) is 6.07 Å². The molecule has 5 heteroatoms. The summed E-state index contributed by atoms with van der Waals surface area (Å²) < 4.78 is 9.91. The fraction of sp³-hybridized carbons (Fsp3) is 0.235. The topological polar surface area (TPSA) is 65.5 Å². The predicted molar refractivity (Wildman–Crippen MR) is 80.5 cm³/mol. The number of methoxy groups -OCH3 is 1. The third-order valence-corrected chi connectivity index (χ3v) is 3.08. The molecule has 0 fully saturated rings. The molecule has 0 bridgehead atoms. The Morgan fingerprint density at radius 3 is 2.45 bits per heavy atom. The summed E-state index contributed by atoms with van der Waals surface area (Å²) in [4.78, 5) is 27.9. The molecule has 0 aliphatic heterocycles. The van der Waals surface area contributed by atoms with Crippen molar-refractivity contribution in [2.24, 2.45) is 0 Å². The number of carbonyl (C=O) groups excluding carboxylic acids is 2. The van der Waals surface area contributed by atoms with Crippen molar-refractivity contribution in [3.63, 3.8) is 0 Å². The Bertz CT molecular complexity index is 668. The average molecular weight is 299 g/mol. The third kappa shape index (κ3) is 3.91. The number of esters is 2. The number of hydrogen-bond donors (Lipinski definition) is 0. The zero-order valence-corrected chi connectivity index (χ0v) is 12.5. The molecule has 0 amide bonds. The van der Waals surface area contributed by atoms with Crippen LogP contribution in [-0.4, -0.2) is 24.0 Å². The zero-order chi connectivity index (χ0) is 15.9. The van der Waals surface area contributed by atoms with Gasteiger partial charge in [0.1, 0.15) is 12.3 Å². The van der Waals surface area contributed by atoms with Gasteiger partial charge in [0, 0.05) is 5.69 Å². The zero-order valence-electron chi connectivity index (χ0n) is 12.5. The Labute approximate surface area is 128 Å². The first-order chi connectivity index (χ1) is 10.6. The summed E-state index contributed by atoms with van der Waals surface area (Å²) in [5, 5.41) is 0. The molecule has 0 saturated heterocycles. The molecule has 22 heavy (non-hydrogen) atoms. The van der Waals surface area contributed by atoms with Gasteiger partial charge in [0.2, 0.25) is 0 Å². The molecule has 1 heterocycles. The van der Waals surface area contributed by atoms with Crippen molar-refractivity contribution in [3.8, 4) is 0 Å². The van der Waals surface area contributed by atoms with Crippen LogP contribution in [0.4, 0.5) is 0 Å². The molecule has 0 aliphatic carbocycles. The lowest BCUT2D eigenvalue weighted by atomic mass is 10.1. The smallest absolute Gasteiger partial charge is 0.356 e. The van der Waals surface area contributed by atoms with E-state index in [4.69, 9.17) is 4.74 Å². The van der Waals surface area contributed by atoms with Crippen molar-refractivity contribution in [3.05, 3.63) is 65.0 Å². The maximum absolute atomic E-state index is 12.1. The number of hydrogen-bond acceptors (Lipinski definition) is 5. The Kier molecular flexibility index (Phi) is 5.25. The predicted octanol–water partition coefficient (Wildman–Crippen LogP) is 2.79. The van der Waals surface area contributed by atoms with Gasteiger partial charge in [-0.3, -0.25) is 0 Å². The summed E-state index contributed by atoms with van der Waals surface area (Å²) in [6.07, 6.45) is 0.601. The number of rotatable bonds is 5. The molecule has 2 aromatic rings. The van der Waals surface area contributed by atoms with Crippen LogP contribution in [0, 0.1) is 0 Å². The van der Waals surface area contributed by atoms with Crippen LogP contribution in [-0.2, 0) is 22.5 Å². The van der Waals surface area contributed by atoms with Gasteiger partial charge in [-0.15, -0.1) is 0 Å². The number of ether oxygens (including phenoxy) is 2. The summed E-state index contributed by atoms with van der Waals surface area (Å²) >= 11 is 0. The van der Waals surface area contributed by atoms with Crippen LogP contribution in [0.1, 0.15) is 39.0 Å². The minimum Gasteiger partial charge on any atom is -0.464 e. The van der Waals surface area contributed by atoms with E-state index < -0.39 is 11.9 Å². The summed E-state index contributed by atoms with van der Waals surface area (Å²) in [6, 6.07) is 12.4. The molecule has 2 rings (SSSR count). The SMILES string of the molecule is CCc1cc(C(=O)OCc2ccccc2)cc(C(=O)OC)n1. The normalized spacial score (nSPS) is 10.1. The lowest BCUT2D eigenvalue weighted by Gasteiger charge is -2.08. The van der Waals surface area contributed by atoms with Gasteiger partial charge < -0.3 is 9.47 Å². The van der Waals surface area contributed by atoms with Gasteiger partial charge in [0.05, 0.1) is 12.7 Å². The largest absolute Gasteiger partial charge is 0.464 e. The number of nitrogens with zero attached hydrogens (tertiary/aromatic N) is 1. The summed E-state index contributed by atoms with van der Waals surface area (Å²) in [6.45, 7) is 2.07. The van der Waals surface area contributed by atoms with Gasteiger partial charge in [-0.2, -0.15) is 0 Å². The van der Waals surface area contributed by atoms with E-state index in [-0.39, 0.29) is 12.3 Å². The second kappa shape index (κ2) is 7.36. The first kappa shape index (κ1) is 15.7. The molecular formula is C17H17NO4. The Morgan fingerprint density at radius 2 is 1.82 bits per heavy atom. The van der Waals surface area contributed by atoms with Crippen LogP contribution in [0.2, 0.25) is 0 Å². The maximum Gasteiger partial charge on any atom is 0.356 e. The molecule has 0 N–H and O–H groups in total. The Morgan fingerprint density at radius 1 is 1.09 bits per heavy atom. The van der Waals surface area contributed by atoms with E-state index in [1.807, 2.05) is 37.3 Å². The van der Waals surface area contributed by atoms with E-state index in [0.717, 1.165) is 5.56 Å². The molecule has 1 aromatic heterocycles. The molecule has 0 saturated carbocycles. The third-order valence-electron chi connectivity index (χ3n) is 3.08. The van der Waals surface area contributed by atoms with E-state index >= 15 is 0 Å². The summed E-state index contributed by atoms with van der Waals surface area (Å²) in [5.74, 6) is -1.07. The highest BCUT2D eigenvalue weighted by molar-refractivity contribution is 5.94. The van der Waals surface area contributed by atoms with Gasteiger partial charge in [0.15, 0.2) is 0 Å². The Hall–Kier alpha value is -2.69. The standard InChI is InChI=1S/C17H17NO4/c1-3-14-9-13(10-15(18-14)17(20)21-2)16(19)22-11-12-7-5-4-6-8-12/h4-10H,3,11H2,1-2H3. The minimum atomic E-state index is -0.576. The van der Waals surface area contributed by atoms with Crippen LogP contribution in [0.5, 0.6) is 0 Å². The molecule has 0 spiro atoms. The fourth-order valence-electron chi connectivity index (χ4n) is 1.90. The second-order valence-electron chi connectivity index (χ2n) is 4.64. The van der Waals surface area contributed by atoms with Crippen LogP contribution < -0.4 is 0 Å². The highest BCUT2D eigenvalue weighted by Crippen LogP contribution is 2.11. The number of aromatic nitrogens is 1. The van der Waals surface area contributed by atoms with E-state index in [9.17, 15) is 9.59 Å². The second-order valence-corrected chi connectivity index (χ2v) is 4.64. The van der Waals surface area contributed by atoms with Gasteiger partial charge in [-0.1, -0.05) is 37.3 Å². The maximum atomic E-state index is 12.1. The molecular weight excluding hydrogens is 282 g/mol. The average Bonchev–Trinajstić information content (AvgIpc) is 2.59. The Balaban J connectivity index is 2.16. The van der Waals surface area contributed by atoms with Gasteiger partial charge in [-0.05, 0) is 24.1 Å². The van der Waals surface area contributed by atoms with Crippen LogP contribution in [0.25, 0.3) is 0 Å². The van der Waals surface area contributed by atoms with Crippen molar-refractivity contribution in [1.82, 2.24) is 4.98 Å². The molecule has 0 aliphatic rings. The van der Waals surface area contributed by atoms with Crippen LogP contribution in [0.15, 0.2) is 42.5 Å². The van der Waals surface area contributed by atoms with E-state index in [2.05, 4.69) is 9.72 Å². The fourth-order valence-corrected chi connectivity index (χ4v) is 1.90. The van der Waals surface area contributed by atoms with E-state index in [0.29, 0.717) is 17.7 Å². The van der Waals surface area contributed by atoms with Crippen molar-refractivity contribution >= 4 is 11.9 Å². The van der Waals surface area contributed by atoms with Gasteiger partial charge in [0.25, 0.3) is 0 Å². The van der Waals surface area contributed by atoms with Crippen molar-refractivity contribution in [2.75, 3.05) is 7.11 Å². The molecule has 1 aromatic carbocycles. The molecule has 0 unspecified atom stereocenters. The van der Waals surface area contributed by atoms with Crippen molar-refractivity contribution < 1.29 is 19.1 Å². The summed E-state index contributed by atoms with van der Waals surface area (Å²) in [5.41, 5.74) is 1.93. The summed E-state index contributed by atoms with van der Waals surface area (Å²) in [7, 11) is 1.27. The molecule has 5 nitrogen and oxygen atoms in total. The molecule has 114 valence electrons. The number of benzene rings is 1. The number of carbonyl (C=O) groups is 2. The lowest BCUT2D eigenvalue weighted by molar-refractivity contribution is 0.0472. The first-order valence-electron chi connectivity index (χ1n) is 6.94. The highest BCUT2D eigenvalue weighted by atomic mass is 16.5.